The summed E-state index contributed by atoms with van der Waals surface area (Å²) in [5, 5.41) is 5.82. The second-order valence-electron chi connectivity index (χ2n) is 5.78. The van der Waals surface area contributed by atoms with Gasteiger partial charge < -0.3 is 19.8 Å². The van der Waals surface area contributed by atoms with Gasteiger partial charge in [0.15, 0.2) is 5.76 Å². The van der Waals surface area contributed by atoms with E-state index in [4.69, 9.17) is 20.8 Å². The van der Waals surface area contributed by atoms with Gasteiger partial charge in [-0.15, -0.1) is 0 Å². The van der Waals surface area contributed by atoms with E-state index in [1.165, 1.54) is 13.4 Å². The van der Waals surface area contributed by atoms with Gasteiger partial charge in [-0.3, -0.25) is 9.59 Å². The van der Waals surface area contributed by atoms with Crippen LogP contribution in [0.5, 0.6) is 5.75 Å². The molecule has 7 heteroatoms. The minimum atomic E-state index is -0.399. The summed E-state index contributed by atoms with van der Waals surface area (Å²) < 4.78 is 10.4. The Morgan fingerprint density at radius 3 is 2.52 bits per heavy atom. The molecule has 27 heavy (non-hydrogen) atoms. The smallest absolute Gasteiger partial charge is 0.291 e. The Hall–Kier alpha value is -3.25. The number of halogens is 1. The third-order valence-electron chi connectivity index (χ3n) is 3.82. The van der Waals surface area contributed by atoms with Crippen molar-refractivity contribution in [1.82, 2.24) is 0 Å². The number of hydrogen-bond donors (Lipinski definition) is 2. The van der Waals surface area contributed by atoms with Gasteiger partial charge in [-0.1, -0.05) is 17.7 Å². The summed E-state index contributed by atoms with van der Waals surface area (Å²) >= 11 is 6.16. The van der Waals surface area contributed by atoms with E-state index in [2.05, 4.69) is 10.6 Å². The number of hydrogen-bond acceptors (Lipinski definition) is 4. The molecular formula is C20H17ClN2O4. The van der Waals surface area contributed by atoms with Gasteiger partial charge in [-0.2, -0.15) is 0 Å². The van der Waals surface area contributed by atoms with Crippen molar-refractivity contribution in [2.24, 2.45) is 0 Å². The summed E-state index contributed by atoms with van der Waals surface area (Å²) in [6.07, 6.45) is 1.42. The van der Waals surface area contributed by atoms with Crippen LogP contribution < -0.4 is 15.4 Å². The average Bonchev–Trinajstić information content (AvgIpc) is 3.16. The summed E-state index contributed by atoms with van der Waals surface area (Å²) in [4.78, 5) is 24.7. The van der Waals surface area contributed by atoms with Crippen LogP contribution in [0.25, 0.3) is 0 Å². The van der Waals surface area contributed by atoms with E-state index in [9.17, 15) is 9.59 Å². The van der Waals surface area contributed by atoms with Crippen molar-refractivity contribution in [3.8, 4) is 5.75 Å². The number of anilines is 2. The molecule has 0 aliphatic carbocycles. The highest BCUT2D eigenvalue weighted by atomic mass is 35.5. The number of rotatable bonds is 5. The lowest BCUT2D eigenvalue weighted by Gasteiger charge is -2.13. The first-order valence-corrected chi connectivity index (χ1v) is 8.46. The zero-order valence-corrected chi connectivity index (χ0v) is 15.5. The Morgan fingerprint density at radius 1 is 1.04 bits per heavy atom. The molecule has 2 aromatic carbocycles. The van der Waals surface area contributed by atoms with Crippen LogP contribution in [0.1, 0.15) is 26.5 Å². The molecule has 6 nitrogen and oxygen atoms in total. The lowest BCUT2D eigenvalue weighted by atomic mass is 10.1. The molecule has 0 radical (unpaired) electrons. The number of nitrogens with one attached hydrogen (secondary N) is 2. The number of furan rings is 1. The third-order valence-corrected chi connectivity index (χ3v) is 4.13. The van der Waals surface area contributed by atoms with E-state index >= 15 is 0 Å². The van der Waals surface area contributed by atoms with Crippen LogP contribution in [0.3, 0.4) is 0 Å². The molecule has 3 aromatic rings. The molecule has 0 aliphatic rings. The Bertz CT molecular complexity index is 984. The number of carbonyl (C=O) groups excluding carboxylic acids is 2. The lowest BCUT2D eigenvalue weighted by Crippen LogP contribution is -2.15. The first-order valence-electron chi connectivity index (χ1n) is 8.08. The molecule has 0 fully saturated rings. The topological polar surface area (TPSA) is 80.6 Å². The fraction of sp³-hybridized carbons (Fsp3) is 0.100. The maximum absolute atomic E-state index is 12.6. The van der Waals surface area contributed by atoms with Crippen molar-refractivity contribution in [2.75, 3.05) is 17.7 Å². The lowest BCUT2D eigenvalue weighted by molar-refractivity contribution is 0.0995. The molecule has 0 atom stereocenters. The normalized spacial score (nSPS) is 10.3. The summed E-state index contributed by atoms with van der Waals surface area (Å²) in [5.41, 5.74) is 2.17. The first-order chi connectivity index (χ1) is 13.0. The predicted octanol–water partition coefficient (Wildman–Crippen LogP) is 4.75. The monoisotopic (exact) mass is 384 g/mol. The van der Waals surface area contributed by atoms with E-state index in [-0.39, 0.29) is 11.7 Å². The SMILES string of the molecule is COc1ccc(NC(=O)c2ccco2)cc1NC(=O)c1ccc(C)cc1Cl. The van der Waals surface area contributed by atoms with Crippen molar-refractivity contribution in [3.63, 3.8) is 0 Å². The summed E-state index contributed by atoms with van der Waals surface area (Å²) in [6.45, 7) is 1.89. The maximum atomic E-state index is 12.6. The average molecular weight is 385 g/mol. The number of benzene rings is 2. The van der Waals surface area contributed by atoms with Crippen molar-refractivity contribution in [1.29, 1.82) is 0 Å². The number of amides is 2. The zero-order valence-electron chi connectivity index (χ0n) is 14.7. The highest BCUT2D eigenvalue weighted by molar-refractivity contribution is 6.34. The van der Waals surface area contributed by atoms with Crippen molar-refractivity contribution >= 4 is 34.8 Å². The molecule has 1 aromatic heterocycles. The Balaban J connectivity index is 1.83. The molecule has 0 aliphatic heterocycles. The molecule has 2 amide bonds. The van der Waals surface area contributed by atoms with Crippen LogP contribution in [0.2, 0.25) is 5.02 Å². The molecule has 2 N–H and O–H groups in total. The number of carbonyl (C=O) groups is 2. The molecule has 1 heterocycles. The van der Waals surface area contributed by atoms with E-state index in [0.717, 1.165) is 5.56 Å². The van der Waals surface area contributed by atoms with Crippen LogP contribution >= 0.6 is 11.6 Å². The number of aryl methyl sites for hydroxylation is 1. The Labute approximate surface area is 161 Å². The fourth-order valence-corrected chi connectivity index (χ4v) is 2.80. The molecule has 0 spiro atoms. The van der Waals surface area contributed by atoms with Crippen LogP contribution in [0, 0.1) is 6.92 Å². The predicted molar refractivity (Wildman–Crippen MR) is 104 cm³/mol. The zero-order chi connectivity index (χ0) is 19.4. The second kappa shape index (κ2) is 7.97. The quantitative estimate of drug-likeness (QED) is 0.664. The van der Waals surface area contributed by atoms with E-state index in [1.54, 1.807) is 48.5 Å². The Morgan fingerprint density at radius 2 is 1.85 bits per heavy atom. The minimum Gasteiger partial charge on any atom is -0.495 e. The molecule has 0 unspecified atom stereocenters. The van der Waals surface area contributed by atoms with Gasteiger partial charge in [0.1, 0.15) is 5.75 Å². The standard InChI is InChI=1S/C20H17ClN2O4/c1-12-5-7-14(15(21)10-12)19(24)23-16-11-13(6-8-17(16)26-2)22-20(25)18-4-3-9-27-18/h3-11H,1-2H3,(H,22,25)(H,23,24). The van der Waals surface area contributed by atoms with Gasteiger partial charge in [0.05, 0.1) is 29.6 Å². The first kappa shape index (κ1) is 18.5. The fourth-order valence-electron chi connectivity index (χ4n) is 2.48. The summed E-state index contributed by atoms with van der Waals surface area (Å²) in [7, 11) is 1.49. The summed E-state index contributed by atoms with van der Waals surface area (Å²) in [6, 6.07) is 13.3. The third kappa shape index (κ3) is 4.30. The van der Waals surface area contributed by atoms with E-state index < -0.39 is 5.91 Å². The minimum absolute atomic E-state index is 0.183. The van der Waals surface area contributed by atoms with Gasteiger partial charge in [0.2, 0.25) is 0 Å². The van der Waals surface area contributed by atoms with Gasteiger partial charge >= 0.3 is 0 Å². The molecule has 0 saturated carbocycles. The molecule has 138 valence electrons. The Kier molecular flexibility index (Phi) is 5.47. The van der Waals surface area contributed by atoms with Gasteiger partial charge in [0, 0.05) is 5.69 Å². The molecular weight excluding hydrogens is 368 g/mol. The van der Waals surface area contributed by atoms with E-state index in [0.29, 0.717) is 27.7 Å². The van der Waals surface area contributed by atoms with Crippen LogP contribution in [-0.4, -0.2) is 18.9 Å². The number of ether oxygens (including phenoxy) is 1. The van der Waals surface area contributed by atoms with Crippen LogP contribution in [0.15, 0.2) is 59.2 Å². The molecule has 3 rings (SSSR count). The van der Waals surface area contributed by atoms with Gasteiger partial charge in [-0.05, 0) is 55.0 Å². The van der Waals surface area contributed by atoms with Crippen LogP contribution in [0.4, 0.5) is 11.4 Å². The highest BCUT2D eigenvalue weighted by Gasteiger charge is 2.15. The van der Waals surface area contributed by atoms with Crippen molar-refractivity contribution in [3.05, 3.63) is 76.7 Å². The molecule has 0 bridgehead atoms. The van der Waals surface area contributed by atoms with Crippen LogP contribution in [-0.2, 0) is 0 Å². The largest absolute Gasteiger partial charge is 0.495 e. The summed E-state index contributed by atoms with van der Waals surface area (Å²) in [5.74, 6) is -0.151. The van der Waals surface area contributed by atoms with Gasteiger partial charge in [-0.25, -0.2) is 0 Å². The van der Waals surface area contributed by atoms with Crippen molar-refractivity contribution in [2.45, 2.75) is 6.92 Å². The maximum Gasteiger partial charge on any atom is 0.291 e. The highest BCUT2D eigenvalue weighted by Crippen LogP contribution is 2.29. The van der Waals surface area contributed by atoms with Crippen molar-refractivity contribution < 1.29 is 18.7 Å². The molecule has 0 saturated heterocycles. The van der Waals surface area contributed by atoms with E-state index in [1.807, 2.05) is 6.92 Å². The van der Waals surface area contributed by atoms with Gasteiger partial charge in [0.25, 0.3) is 11.8 Å². The second-order valence-corrected chi connectivity index (χ2v) is 6.19. The number of methoxy groups -OCH3 is 1.